The van der Waals surface area contributed by atoms with Crippen molar-refractivity contribution in [1.29, 1.82) is 0 Å². The first-order chi connectivity index (χ1) is 5.98. The molecule has 0 amide bonds. The predicted molar refractivity (Wildman–Crippen MR) is 47.2 cm³/mol. The molecule has 0 aromatic heterocycles. The molecule has 2 aliphatic rings. The van der Waals surface area contributed by atoms with E-state index in [1.807, 2.05) is 0 Å². The molecule has 2 rings (SSSR count). The SMILES string of the molecule is CNS(=O)(=O)N1CC[C@@H]2C[C@]2(O)C1. The van der Waals surface area contributed by atoms with Gasteiger partial charge < -0.3 is 5.11 Å². The molecule has 0 aromatic carbocycles. The summed E-state index contributed by atoms with van der Waals surface area (Å²) in [6.45, 7) is 0.775. The molecule has 1 saturated carbocycles. The van der Waals surface area contributed by atoms with E-state index in [-0.39, 0.29) is 6.54 Å². The number of nitrogens with one attached hydrogen (secondary N) is 1. The van der Waals surface area contributed by atoms with Crippen molar-refractivity contribution < 1.29 is 13.5 Å². The highest BCUT2D eigenvalue weighted by molar-refractivity contribution is 7.87. The number of hydrogen-bond acceptors (Lipinski definition) is 3. The van der Waals surface area contributed by atoms with Crippen LogP contribution >= 0.6 is 0 Å². The van der Waals surface area contributed by atoms with Crippen molar-refractivity contribution in [2.45, 2.75) is 18.4 Å². The molecule has 0 radical (unpaired) electrons. The summed E-state index contributed by atoms with van der Waals surface area (Å²) >= 11 is 0. The highest BCUT2D eigenvalue weighted by Gasteiger charge is 2.57. The summed E-state index contributed by atoms with van der Waals surface area (Å²) < 4.78 is 26.3. The Balaban J connectivity index is 2.11. The Morgan fingerprint density at radius 1 is 1.62 bits per heavy atom. The zero-order valence-corrected chi connectivity index (χ0v) is 8.34. The van der Waals surface area contributed by atoms with E-state index in [0.717, 1.165) is 12.8 Å². The van der Waals surface area contributed by atoms with Crippen molar-refractivity contribution in [3.63, 3.8) is 0 Å². The molecule has 2 N–H and O–H groups in total. The maximum Gasteiger partial charge on any atom is 0.279 e. The van der Waals surface area contributed by atoms with E-state index in [1.54, 1.807) is 0 Å². The lowest BCUT2D eigenvalue weighted by Crippen LogP contribution is -2.47. The topological polar surface area (TPSA) is 69.6 Å². The van der Waals surface area contributed by atoms with E-state index >= 15 is 0 Å². The number of hydrogen-bond donors (Lipinski definition) is 2. The third-order valence-electron chi connectivity index (χ3n) is 2.97. The summed E-state index contributed by atoms with van der Waals surface area (Å²) in [6, 6.07) is 0. The van der Waals surface area contributed by atoms with Crippen molar-refractivity contribution in [2.75, 3.05) is 20.1 Å². The third kappa shape index (κ3) is 1.48. The Bertz CT molecular complexity index is 316. The molecule has 2 atom stereocenters. The largest absolute Gasteiger partial charge is 0.388 e. The van der Waals surface area contributed by atoms with Crippen LogP contribution in [0.15, 0.2) is 0 Å². The van der Waals surface area contributed by atoms with E-state index in [2.05, 4.69) is 4.72 Å². The molecular formula is C7H14N2O3S. The number of nitrogens with zero attached hydrogens (tertiary/aromatic N) is 1. The standard InChI is InChI=1S/C7H14N2O3S/c1-8-13(11,12)9-3-2-6-4-7(6,10)5-9/h6,8,10H,2-5H2,1H3/t6-,7+/m1/s1. The quantitative estimate of drug-likeness (QED) is 0.603. The van der Waals surface area contributed by atoms with E-state index < -0.39 is 15.8 Å². The summed E-state index contributed by atoms with van der Waals surface area (Å²) in [6.07, 6.45) is 1.53. The molecule has 1 aliphatic carbocycles. The monoisotopic (exact) mass is 206 g/mol. The van der Waals surface area contributed by atoms with Gasteiger partial charge in [0.15, 0.2) is 0 Å². The summed E-state index contributed by atoms with van der Waals surface area (Å²) in [4.78, 5) is 0. The van der Waals surface area contributed by atoms with Crippen LogP contribution in [0.5, 0.6) is 0 Å². The van der Waals surface area contributed by atoms with Crippen molar-refractivity contribution in [3.05, 3.63) is 0 Å². The van der Waals surface area contributed by atoms with Crippen LogP contribution in [0, 0.1) is 5.92 Å². The first kappa shape index (κ1) is 9.39. The fourth-order valence-corrected chi connectivity index (χ4v) is 2.95. The number of piperidine rings is 1. The third-order valence-corrected chi connectivity index (χ3v) is 4.48. The van der Waals surface area contributed by atoms with Gasteiger partial charge in [0.2, 0.25) is 0 Å². The normalized spacial score (nSPS) is 40.0. The molecular weight excluding hydrogens is 192 g/mol. The van der Waals surface area contributed by atoms with E-state index in [4.69, 9.17) is 0 Å². The second-order valence-corrected chi connectivity index (χ2v) is 5.71. The molecule has 2 fully saturated rings. The minimum absolute atomic E-state index is 0.251. The second kappa shape index (κ2) is 2.66. The van der Waals surface area contributed by atoms with E-state index in [1.165, 1.54) is 11.4 Å². The van der Waals surface area contributed by atoms with Gasteiger partial charge in [-0.15, -0.1) is 0 Å². The van der Waals surface area contributed by atoms with Gasteiger partial charge >= 0.3 is 0 Å². The Kier molecular flexibility index (Phi) is 1.92. The van der Waals surface area contributed by atoms with E-state index in [0.29, 0.717) is 12.5 Å². The molecule has 1 saturated heterocycles. The van der Waals surface area contributed by atoms with Crippen LogP contribution in [0.4, 0.5) is 0 Å². The number of fused-ring (bicyclic) bond motifs is 1. The highest BCUT2D eigenvalue weighted by Crippen LogP contribution is 2.49. The van der Waals surface area contributed by atoms with Gasteiger partial charge in [0.1, 0.15) is 0 Å². The summed E-state index contributed by atoms with van der Waals surface area (Å²) in [5.41, 5.74) is -0.720. The highest BCUT2D eigenvalue weighted by atomic mass is 32.2. The first-order valence-electron chi connectivity index (χ1n) is 4.39. The minimum atomic E-state index is -3.34. The van der Waals surface area contributed by atoms with Gasteiger partial charge in [-0.3, -0.25) is 0 Å². The van der Waals surface area contributed by atoms with Gasteiger partial charge in [-0.05, 0) is 18.8 Å². The molecule has 0 aromatic rings. The summed E-state index contributed by atoms with van der Waals surface area (Å²) in [5.74, 6) is 0.329. The fraction of sp³-hybridized carbons (Fsp3) is 1.00. The molecule has 76 valence electrons. The van der Waals surface area contributed by atoms with Gasteiger partial charge in [0.05, 0.1) is 5.60 Å². The van der Waals surface area contributed by atoms with Crippen LogP contribution in [0.2, 0.25) is 0 Å². The van der Waals surface area contributed by atoms with Crippen molar-refractivity contribution in [2.24, 2.45) is 5.92 Å². The van der Waals surface area contributed by atoms with Gasteiger partial charge in [0, 0.05) is 20.1 Å². The molecule has 0 spiro atoms. The lowest BCUT2D eigenvalue weighted by atomic mass is 10.1. The van der Waals surface area contributed by atoms with Crippen LogP contribution in [-0.4, -0.2) is 43.6 Å². The molecule has 5 nitrogen and oxygen atoms in total. The fourth-order valence-electron chi connectivity index (χ4n) is 1.95. The summed E-state index contributed by atoms with van der Waals surface area (Å²) in [7, 11) is -1.96. The van der Waals surface area contributed by atoms with Crippen molar-refractivity contribution >= 4 is 10.2 Å². The van der Waals surface area contributed by atoms with Crippen LogP contribution in [0.25, 0.3) is 0 Å². The molecule has 0 unspecified atom stereocenters. The zero-order valence-electron chi connectivity index (χ0n) is 7.52. The molecule has 1 heterocycles. The van der Waals surface area contributed by atoms with Crippen molar-refractivity contribution in [1.82, 2.24) is 9.03 Å². The average molecular weight is 206 g/mol. The molecule has 0 bridgehead atoms. The molecule has 1 aliphatic heterocycles. The maximum atomic E-state index is 11.4. The second-order valence-electron chi connectivity index (χ2n) is 3.84. The summed E-state index contributed by atoms with van der Waals surface area (Å²) in [5, 5.41) is 9.74. The Morgan fingerprint density at radius 3 is 2.85 bits per heavy atom. The minimum Gasteiger partial charge on any atom is -0.388 e. The van der Waals surface area contributed by atoms with Crippen LogP contribution in [0.3, 0.4) is 0 Å². The van der Waals surface area contributed by atoms with E-state index in [9.17, 15) is 13.5 Å². The maximum absolute atomic E-state index is 11.4. The number of rotatable bonds is 2. The first-order valence-corrected chi connectivity index (χ1v) is 5.83. The Morgan fingerprint density at radius 2 is 2.31 bits per heavy atom. The van der Waals surface area contributed by atoms with Gasteiger partial charge in [0.25, 0.3) is 10.2 Å². The van der Waals surface area contributed by atoms with Crippen LogP contribution < -0.4 is 4.72 Å². The predicted octanol–water partition coefficient (Wildman–Crippen LogP) is -1.09. The van der Waals surface area contributed by atoms with Gasteiger partial charge in [-0.25, -0.2) is 4.72 Å². The lowest BCUT2D eigenvalue weighted by molar-refractivity contribution is 0.0827. The van der Waals surface area contributed by atoms with Gasteiger partial charge in [-0.2, -0.15) is 12.7 Å². The van der Waals surface area contributed by atoms with Crippen molar-refractivity contribution in [3.8, 4) is 0 Å². The van der Waals surface area contributed by atoms with Gasteiger partial charge in [-0.1, -0.05) is 0 Å². The zero-order chi connectivity index (χ0) is 9.69. The molecule has 13 heavy (non-hydrogen) atoms. The Hall–Kier alpha value is -0.170. The Labute approximate surface area is 77.9 Å². The average Bonchev–Trinajstić information content (AvgIpc) is 2.75. The number of aliphatic hydroxyl groups is 1. The lowest BCUT2D eigenvalue weighted by Gasteiger charge is -2.28. The van der Waals surface area contributed by atoms with Crippen LogP contribution in [-0.2, 0) is 10.2 Å². The number of β-amino-alcohol motifs (C(OH)–C–C–N with tert-alkyl or cyclic N) is 1. The molecule has 6 heteroatoms. The smallest absolute Gasteiger partial charge is 0.279 e. The van der Waals surface area contributed by atoms with Crippen LogP contribution in [0.1, 0.15) is 12.8 Å².